The van der Waals surface area contributed by atoms with Crippen LogP contribution in [0.5, 0.6) is 5.75 Å². The summed E-state index contributed by atoms with van der Waals surface area (Å²) in [6, 6.07) is 7.86. The second kappa shape index (κ2) is 6.51. The normalized spacial score (nSPS) is 14.5. The molecule has 0 aliphatic rings. The molecular formula is C13H21NO2. The number of hydrogen-bond donors (Lipinski definition) is 1. The van der Waals surface area contributed by atoms with E-state index in [4.69, 9.17) is 15.2 Å². The van der Waals surface area contributed by atoms with Crippen LogP contribution < -0.4 is 10.5 Å². The summed E-state index contributed by atoms with van der Waals surface area (Å²) in [6.45, 7) is 4.65. The Morgan fingerprint density at radius 1 is 1.31 bits per heavy atom. The predicted molar refractivity (Wildman–Crippen MR) is 65.6 cm³/mol. The van der Waals surface area contributed by atoms with Crippen LogP contribution in [-0.2, 0) is 4.74 Å². The highest BCUT2D eigenvalue weighted by Gasteiger charge is 2.14. The lowest BCUT2D eigenvalue weighted by molar-refractivity contribution is 0.104. The lowest BCUT2D eigenvalue weighted by atomic mass is 10.0. The second-order valence-electron chi connectivity index (χ2n) is 3.86. The van der Waals surface area contributed by atoms with E-state index in [1.54, 1.807) is 7.11 Å². The third-order valence-corrected chi connectivity index (χ3v) is 2.61. The van der Waals surface area contributed by atoms with Gasteiger partial charge in [-0.15, -0.1) is 0 Å². The van der Waals surface area contributed by atoms with Crippen molar-refractivity contribution in [1.82, 2.24) is 0 Å². The number of nitrogens with two attached hydrogens (primary N) is 1. The van der Waals surface area contributed by atoms with Crippen molar-refractivity contribution in [3.63, 3.8) is 0 Å². The zero-order valence-corrected chi connectivity index (χ0v) is 10.3. The van der Waals surface area contributed by atoms with Crippen LogP contribution in [-0.4, -0.2) is 19.8 Å². The van der Waals surface area contributed by atoms with Crippen LogP contribution in [0, 0.1) is 0 Å². The number of hydrogen-bond acceptors (Lipinski definition) is 3. The Morgan fingerprint density at radius 2 is 2.00 bits per heavy atom. The van der Waals surface area contributed by atoms with Crippen molar-refractivity contribution in [2.24, 2.45) is 5.73 Å². The standard InChI is InChI=1S/C13H21NO2/c1-4-16-13-8-6-5-7-11(13)12(14)9-10(2)15-3/h5-8,10,12H,4,9,14H2,1-3H3. The fraction of sp³-hybridized carbons (Fsp3) is 0.538. The van der Waals surface area contributed by atoms with E-state index in [1.165, 1.54) is 0 Å². The van der Waals surface area contributed by atoms with Crippen molar-refractivity contribution >= 4 is 0 Å². The van der Waals surface area contributed by atoms with Gasteiger partial charge in [-0.1, -0.05) is 18.2 Å². The molecule has 0 fully saturated rings. The van der Waals surface area contributed by atoms with Gasteiger partial charge in [-0.2, -0.15) is 0 Å². The molecule has 0 heterocycles. The molecule has 1 aromatic rings. The Balaban J connectivity index is 2.77. The largest absolute Gasteiger partial charge is 0.494 e. The van der Waals surface area contributed by atoms with Crippen LogP contribution in [0.3, 0.4) is 0 Å². The summed E-state index contributed by atoms with van der Waals surface area (Å²) < 4.78 is 10.8. The zero-order chi connectivity index (χ0) is 12.0. The SMILES string of the molecule is CCOc1ccccc1C(N)CC(C)OC. The van der Waals surface area contributed by atoms with Gasteiger partial charge in [0, 0.05) is 18.7 Å². The molecule has 0 aliphatic heterocycles. The van der Waals surface area contributed by atoms with Crippen LogP contribution >= 0.6 is 0 Å². The van der Waals surface area contributed by atoms with Crippen molar-refractivity contribution in [3.8, 4) is 5.75 Å². The molecule has 16 heavy (non-hydrogen) atoms. The van der Waals surface area contributed by atoms with Gasteiger partial charge in [-0.3, -0.25) is 0 Å². The number of ether oxygens (including phenoxy) is 2. The third-order valence-electron chi connectivity index (χ3n) is 2.61. The van der Waals surface area contributed by atoms with Gasteiger partial charge in [-0.05, 0) is 26.3 Å². The molecule has 2 N–H and O–H groups in total. The first kappa shape index (κ1) is 13.0. The molecule has 0 amide bonds. The van der Waals surface area contributed by atoms with Gasteiger partial charge in [0.15, 0.2) is 0 Å². The molecule has 0 aromatic heterocycles. The number of para-hydroxylation sites is 1. The molecule has 0 spiro atoms. The van der Waals surface area contributed by atoms with Gasteiger partial charge in [-0.25, -0.2) is 0 Å². The smallest absolute Gasteiger partial charge is 0.124 e. The third kappa shape index (κ3) is 3.51. The molecule has 2 unspecified atom stereocenters. The molecule has 90 valence electrons. The van der Waals surface area contributed by atoms with Gasteiger partial charge < -0.3 is 15.2 Å². The van der Waals surface area contributed by atoms with Gasteiger partial charge in [0.25, 0.3) is 0 Å². The van der Waals surface area contributed by atoms with E-state index < -0.39 is 0 Å². The van der Waals surface area contributed by atoms with E-state index in [9.17, 15) is 0 Å². The van der Waals surface area contributed by atoms with Gasteiger partial charge in [0.05, 0.1) is 12.7 Å². The molecule has 0 aliphatic carbocycles. The van der Waals surface area contributed by atoms with Crippen molar-refractivity contribution < 1.29 is 9.47 Å². The summed E-state index contributed by atoms with van der Waals surface area (Å²) >= 11 is 0. The summed E-state index contributed by atoms with van der Waals surface area (Å²) in [5.74, 6) is 0.876. The summed E-state index contributed by atoms with van der Waals surface area (Å²) in [7, 11) is 1.70. The molecule has 2 atom stereocenters. The minimum absolute atomic E-state index is 0.0438. The van der Waals surface area contributed by atoms with Gasteiger partial charge >= 0.3 is 0 Å². The van der Waals surface area contributed by atoms with Crippen molar-refractivity contribution in [2.45, 2.75) is 32.4 Å². The van der Waals surface area contributed by atoms with Crippen LogP contribution in [0.25, 0.3) is 0 Å². The number of methoxy groups -OCH3 is 1. The van der Waals surface area contributed by atoms with E-state index in [0.717, 1.165) is 17.7 Å². The molecule has 0 saturated carbocycles. The molecule has 1 aromatic carbocycles. The lowest BCUT2D eigenvalue weighted by Crippen LogP contribution is -2.19. The Labute approximate surface area is 97.6 Å². The first-order valence-electron chi connectivity index (χ1n) is 5.69. The van der Waals surface area contributed by atoms with E-state index in [1.807, 2.05) is 38.1 Å². The van der Waals surface area contributed by atoms with Crippen molar-refractivity contribution in [3.05, 3.63) is 29.8 Å². The highest BCUT2D eigenvalue weighted by molar-refractivity contribution is 5.35. The Bertz CT molecular complexity index is 315. The maximum Gasteiger partial charge on any atom is 0.124 e. The summed E-state index contributed by atoms with van der Waals surface area (Å²) in [5, 5.41) is 0. The van der Waals surface area contributed by atoms with E-state index in [-0.39, 0.29) is 12.1 Å². The first-order chi connectivity index (χ1) is 7.69. The number of rotatable bonds is 6. The Hall–Kier alpha value is -1.06. The predicted octanol–water partition coefficient (Wildman–Crippen LogP) is 2.51. The minimum Gasteiger partial charge on any atom is -0.494 e. The second-order valence-corrected chi connectivity index (χ2v) is 3.86. The van der Waals surface area contributed by atoms with E-state index >= 15 is 0 Å². The van der Waals surface area contributed by atoms with Crippen LogP contribution in [0.1, 0.15) is 31.9 Å². The minimum atomic E-state index is -0.0438. The molecule has 0 radical (unpaired) electrons. The van der Waals surface area contributed by atoms with E-state index in [0.29, 0.717) is 6.61 Å². The summed E-state index contributed by atoms with van der Waals surface area (Å²) in [4.78, 5) is 0. The average molecular weight is 223 g/mol. The van der Waals surface area contributed by atoms with Crippen LogP contribution in [0.2, 0.25) is 0 Å². The maximum atomic E-state index is 6.14. The van der Waals surface area contributed by atoms with Gasteiger partial charge in [0.2, 0.25) is 0 Å². The molecule has 3 nitrogen and oxygen atoms in total. The topological polar surface area (TPSA) is 44.5 Å². The first-order valence-corrected chi connectivity index (χ1v) is 5.69. The fourth-order valence-electron chi connectivity index (χ4n) is 1.65. The summed E-state index contributed by atoms with van der Waals surface area (Å²) in [5.41, 5.74) is 7.19. The molecular weight excluding hydrogens is 202 g/mol. The molecule has 0 bridgehead atoms. The van der Waals surface area contributed by atoms with Crippen molar-refractivity contribution in [2.75, 3.05) is 13.7 Å². The Morgan fingerprint density at radius 3 is 2.62 bits per heavy atom. The zero-order valence-electron chi connectivity index (χ0n) is 10.3. The van der Waals surface area contributed by atoms with Gasteiger partial charge in [0.1, 0.15) is 5.75 Å². The molecule has 3 heteroatoms. The van der Waals surface area contributed by atoms with Crippen LogP contribution in [0.15, 0.2) is 24.3 Å². The quantitative estimate of drug-likeness (QED) is 0.806. The monoisotopic (exact) mass is 223 g/mol. The Kier molecular flexibility index (Phi) is 5.29. The highest BCUT2D eigenvalue weighted by atomic mass is 16.5. The van der Waals surface area contributed by atoms with E-state index in [2.05, 4.69) is 0 Å². The van der Waals surface area contributed by atoms with Crippen molar-refractivity contribution in [1.29, 1.82) is 0 Å². The summed E-state index contributed by atoms with van der Waals surface area (Å²) in [6.07, 6.45) is 0.949. The van der Waals surface area contributed by atoms with Crippen LogP contribution in [0.4, 0.5) is 0 Å². The number of benzene rings is 1. The highest BCUT2D eigenvalue weighted by Crippen LogP contribution is 2.26. The molecule has 1 rings (SSSR count). The lowest BCUT2D eigenvalue weighted by Gasteiger charge is -2.19. The molecule has 0 saturated heterocycles. The maximum absolute atomic E-state index is 6.14. The average Bonchev–Trinajstić information content (AvgIpc) is 2.30. The fourth-order valence-corrected chi connectivity index (χ4v) is 1.65.